The summed E-state index contributed by atoms with van der Waals surface area (Å²) < 4.78 is 1.92. The summed E-state index contributed by atoms with van der Waals surface area (Å²) in [7, 11) is 0. The Balaban J connectivity index is 1.93. The highest BCUT2D eigenvalue weighted by molar-refractivity contribution is 8.02. The van der Waals surface area contributed by atoms with E-state index < -0.39 is 5.97 Å². The molecule has 0 fully saturated rings. The molecule has 8 heteroatoms. The van der Waals surface area contributed by atoms with E-state index in [0.717, 1.165) is 29.3 Å². The molecular weight excluding hydrogens is 298 g/mol. The highest BCUT2D eigenvalue weighted by Gasteiger charge is 2.25. The first-order valence-corrected chi connectivity index (χ1v) is 7.94. The van der Waals surface area contributed by atoms with E-state index in [4.69, 9.17) is 5.11 Å². The molecule has 1 atom stereocenters. The SMILES string of the molecule is O=CC1=CNC(C(=O)O)=CSC1c1cc2n(n1)CSC2. The summed E-state index contributed by atoms with van der Waals surface area (Å²) >= 11 is 3.06. The van der Waals surface area contributed by atoms with Crippen LogP contribution in [0, 0.1) is 0 Å². The van der Waals surface area contributed by atoms with Gasteiger partial charge in [-0.1, -0.05) is 0 Å². The highest BCUT2D eigenvalue weighted by Crippen LogP contribution is 2.38. The van der Waals surface area contributed by atoms with Crippen LogP contribution in [0.2, 0.25) is 0 Å². The van der Waals surface area contributed by atoms with E-state index in [1.54, 1.807) is 11.8 Å². The average Bonchev–Trinajstić information content (AvgIpc) is 2.93. The molecule has 0 bridgehead atoms. The Morgan fingerprint density at radius 2 is 2.45 bits per heavy atom. The smallest absolute Gasteiger partial charge is 0.352 e. The minimum absolute atomic E-state index is 0.0548. The molecule has 20 heavy (non-hydrogen) atoms. The Kier molecular flexibility index (Phi) is 3.58. The van der Waals surface area contributed by atoms with Gasteiger partial charge in [-0.2, -0.15) is 5.10 Å². The van der Waals surface area contributed by atoms with Crippen molar-refractivity contribution < 1.29 is 14.7 Å². The second-order valence-electron chi connectivity index (χ2n) is 4.30. The molecule has 0 spiro atoms. The van der Waals surface area contributed by atoms with Crippen LogP contribution in [0.1, 0.15) is 16.6 Å². The Hall–Kier alpha value is -1.67. The maximum atomic E-state index is 11.2. The van der Waals surface area contributed by atoms with Crippen molar-refractivity contribution in [3.63, 3.8) is 0 Å². The van der Waals surface area contributed by atoms with Crippen molar-refractivity contribution in [2.75, 3.05) is 0 Å². The second kappa shape index (κ2) is 5.37. The van der Waals surface area contributed by atoms with Crippen LogP contribution in [-0.4, -0.2) is 27.1 Å². The van der Waals surface area contributed by atoms with Crippen molar-refractivity contribution >= 4 is 35.8 Å². The van der Waals surface area contributed by atoms with Crippen LogP contribution in [0.25, 0.3) is 0 Å². The van der Waals surface area contributed by atoms with E-state index in [1.165, 1.54) is 23.4 Å². The van der Waals surface area contributed by atoms with E-state index in [-0.39, 0.29) is 10.9 Å². The predicted octanol–water partition coefficient (Wildman–Crippen LogP) is 1.47. The van der Waals surface area contributed by atoms with Gasteiger partial charge >= 0.3 is 5.97 Å². The minimum atomic E-state index is -1.05. The van der Waals surface area contributed by atoms with Gasteiger partial charge in [0.05, 0.1) is 16.8 Å². The number of aldehydes is 1. The highest BCUT2D eigenvalue weighted by atomic mass is 32.2. The summed E-state index contributed by atoms with van der Waals surface area (Å²) in [5.41, 5.74) is 2.45. The zero-order chi connectivity index (χ0) is 14.1. The van der Waals surface area contributed by atoms with E-state index in [1.807, 2.05) is 10.7 Å². The van der Waals surface area contributed by atoms with Crippen molar-refractivity contribution in [3.8, 4) is 0 Å². The standard InChI is InChI=1S/C12H11N3O3S2/c16-3-7-2-13-10(12(17)18)5-20-11(7)9-1-8-4-19-6-15(8)14-9/h1-3,5,11,13H,4,6H2,(H,17,18). The number of hydrogen-bond acceptors (Lipinski definition) is 6. The number of fused-ring (bicyclic) bond motifs is 1. The summed E-state index contributed by atoms with van der Waals surface area (Å²) in [6.07, 6.45) is 2.18. The second-order valence-corrected chi connectivity index (χ2v) is 6.23. The summed E-state index contributed by atoms with van der Waals surface area (Å²) in [6.45, 7) is 0. The van der Waals surface area contributed by atoms with Crippen LogP contribution >= 0.6 is 23.5 Å². The van der Waals surface area contributed by atoms with Crippen LogP contribution in [0.3, 0.4) is 0 Å². The topological polar surface area (TPSA) is 84.2 Å². The van der Waals surface area contributed by atoms with Crippen molar-refractivity contribution in [1.82, 2.24) is 15.1 Å². The maximum absolute atomic E-state index is 11.2. The lowest BCUT2D eigenvalue weighted by atomic mass is 10.1. The van der Waals surface area contributed by atoms with Crippen molar-refractivity contribution in [2.24, 2.45) is 0 Å². The van der Waals surface area contributed by atoms with Crippen LogP contribution in [0.15, 0.2) is 28.9 Å². The molecule has 2 aliphatic heterocycles. The minimum Gasteiger partial charge on any atom is -0.477 e. The largest absolute Gasteiger partial charge is 0.477 e. The molecule has 2 aliphatic rings. The first-order chi connectivity index (χ1) is 9.69. The third-order valence-electron chi connectivity index (χ3n) is 3.00. The van der Waals surface area contributed by atoms with Gasteiger partial charge in [0.2, 0.25) is 0 Å². The Morgan fingerprint density at radius 3 is 3.15 bits per heavy atom. The molecule has 104 valence electrons. The number of hydrogen-bond donors (Lipinski definition) is 2. The molecule has 1 aromatic rings. The summed E-state index contributed by atoms with van der Waals surface area (Å²) in [4.78, 5) is 22.2. The molecule has 0 saturated carbocycles. The molecule has 6 nitrogen and oxygen atoms in total. The fraction of sp³-hybridized carbons (Fsp3) is 0.250. The Morgan fingerprint density at radius 1 is 1.60 bits per heavy atom. The first-order valence-electron chi connectivity index (χ1n) is 5.84. The molecule has 0 aliphatic carbocycles. The number of aromatic nitrogens is 2. The maximum Gasteiger partial charge on any atom is 0.352 e. The van der Waals surface area contributed by atoms with Crippen molar-refractivity contribution in [2.45, 2.75) is 16.9 Å². The van der Waals surface area contributed by atoms with Gasteiger partial charge in [-0.25, -0.2) is 4.79 Å². The molecule has 0 radical (unpaired) electrons. The molecule has 0 saturated heterocycles. The van der Waals surface area contributed by atoms with E-state index >= 15 is 0 Å². The van der Waals surface area contributed by atoms with Gasteiger partial charge in [0.25, 0.3) is 0 Å². The van der Waals surface area contributed by atoms with Gasteiger partial charge < -0.3 is 10.4 Å². The van der Waals surface area contributed by atoms with Gasteiger partial charge in [0.15, 0.2) is 0 Å². The van der Waals surface area contributed by atoms with Crippen molar-refractivity contribution in [1.29, 1.82) is 0 Å². The quantitative estimate of drug-likeness (QED) is 0.818. The van der Waals surface area contributed by atoms with Gasteiger partial charge in [-0.15, -0.1) is 23.5 Å². The number of rotatable bonds is 3. The number of thioether (sulfide) groups is 2. The first kappa shape index (κ1) is 13.3. The van der Waals surface area contributed by atoms with Gasteiger partial charge in [0.1, 0.15) is 12.0 Å². The van der Waals surface area contributed by atoms with E-state index in [9.17, 15) is 9.59 Å². The molecule has 2 N–H and O–H groups in total. The number of carboxylic acids is 1. The molecule has 3 rings (SSSR count). The Bertz CT molecular complexity index is 614. The number of aliphatic carboxylic acids is 1. The molecule has 1 unspecified atom stereocenters. The van der Waals surface area contributed by atoms with E-state index in [2.05, 4.69) is 10.4 Å². The zero-order valence-electron chi connectivity index (χ0n) is 10.3. The van der Waals surface area contributed by atoms with Crippen LogP contribution in [-0.2, 0) is 21.2 Å². The number of carboxylic acid groups (broad SMARTS) is 1. The lowest BCUT2D eigenvalue weighted by molar-refractivity contribution is -0.133. The molecule has 3 heterocycles. The summed E-state index contributed by atoms with van der Waals surface area (Å²) in [6, 6.07) is 1.98. The monoisotopic (exact) mass is 309 g/mol. The van der Waals surface area contributed by atoms with Gasteiger partial charge in [0, 0.05) is 28.6 Å². The van der Waals surface area contributed by atoms with Gasteiger partial charge in [-0.3, -0.25) is 9.48 Å². The van der Waals surface area contributed by atoms with Crippen LogP contribution in [0.5, 0.6) is 0 Å². The van der Waals surface area contributed by atoms with Crippen molar-refractivity contribution in [3.05, 3.63) is 40.3 Å². The third kappa shape index (κ3) is 2.36. The lowest BCUT2D eigenvalue weighted by Gasteiger charge is -2.09. The third-order valence-corrected chi connectivity index (χ3v) is 5.08. The normalized spacial score (nSPS) is 21.3. The fourth-order valence-corrected chi connectivity index (χ4v) is 3.91. The van der Waals surface area contributed by atoms with Crippen LogP contribution in [0.4, 0.5) is 0 Å². The lowest BCUT2D eigenvalue weighted by Crippen LogP contribution is -2.14. The number of carbonyl (C=O) groups is 2. The zero-order valence-corrected chi connectivity index (χ0v) is 11.9. The van der Waals surface area contributed by atoms with Gasteiger partial charge in [-0.05, 0) is 6.07 Å². The molecule has 0 amide bonds. The average molecular weight is 309 g/mol. The number of nitrogens with zero attached hydrogens (tertiary/aromatic N) is 2. The Labute approximate surface area is 123 Å². The summed E-state index contributed by atoms with van der Waals surface area (Å²) in [5.74, 6) is 0.684. The molecular formula is C12H11N3O3S2. The fourth-order valence-electron chi connectivity index (χ4n) is 2.00. The predicted molar refractivity (Wildman–Crippen MR) is 76.9 cm³/mol. The molecule has 0 aromatic carbocycles. The summed E-state index contributed by atoms with van der Waals surface area (Å²) in [5, 5.41) is 17.4. The molecule has 1 aromatic heterocycles. The number of nitrogens with one attached hydrogen (secondary N) is 1. The van der Waals surface area contributed by atoms with E-state index in [0.29, 0.717) is 5.57 Å². The van der Waals surface area contributed by atoms with Crippen LogP contribution < -0.4 is 5.32 Å². The number of carbonyl (C=O) groups excluding carboxylic acids is 1.